The summed E-state index contributed by atoms with van der Waals surface area (Å²) in [5.74, 6) is 0.952. The van der Waals surface area contributed by atoms with Crippen LogP contribution in [0.5, 0.6) is 0 Å². The minimum Gasteiger partial charge on any atom is -0.326 e. The summed E-state index contributed by atoms with van der Waals surface area (Å²) >= 11 is 0. The number of nitrogens with zero attached hydrogens (tertiary/aromatic N) is 2. The number of hydrogen-bond donors (Lipinski definition) is 1. The smallest absolute Gasteiger partial charge is 0.158 e. The van der Waals surface area contributed by atoms with Crippen LogP contribution < -0.4 is 10.4 Å². The molecule has 0 aromatic heterocycles. The van der Waals surface area contributed by atoms with Crippen molar-refractivity contribution in [2.24, 2.45) is 5.10 Å². The summed E-state index contributed by atoms with van der Waals surface area (Å²) in [6.45, 7) is 0. The van der Waals surface area contributed by atoms with Crippen molar-refractivity contribution in [1.82, 2.24) is 9.87 Å². The molecule has 0 bridgehead atoms. The zero-order valence-electron chi connectivity index (χ0n) is 10.1. The second-order valence-electron chi connectivity index (χ2n) is 4.06. The van der Waals surface area contributed by atoms with Gasteiger partial charge in [-0.05, 0) is 0 Å². The lowest BCUT2D eigenvalue weighted by atomic mass is 10.2. The average molecular weight is 255 g/mol. The number of nitrogens with one attached hydrogen (secondary N) is 1. The van der Waals surface area contributed by atoms with Crippen molar-refractivity contribution in [1.29, 1.82) is 0 Å². The Kier molecular flexibility index (Phi) is 2.99. The second kappa shape index (κ2) is 4.79. The Morgan fingerprint density at radius 1 is 0.944 bits per heavy atom. The van der Waals surface area contributed by atoms with Crippen LogP contribution >= 0.6 is 8.22 Å². The lowest BCUT2D eigenvalue weighted by molar-refractivity contribution is 0.611. The fourth-order valence-corrected chi connectivity index (χ4v) is 3.52. The molecule has 1 heterocycles. The molecule has 0 amide bonds. The highest BCUT2D eigenvalue weighted by atomic mass is 31.1. The largest absolute Gasteiger partial charge is 0.326 e. The summed E-state index contributed by atoms with van der Waals surface area (Å²) in [5, 5.41) is 9.38. The van der Waals surface area contributed by atoms with Gasteiger partial charge in [-0.2, -0.15) is 5.10 Å². The van der Waals surface area contributed by atoms with E-state index in [0.717, 1.165) is 11.4 Å². The Bertz CT molecular complexity index is 554. The highest BCUT2D eigenvalue weighted by molar-refractivity contribution is 7.62. The SMILES string of the molecule is CN1N=C(c2ccccc2)NP1c1ccccc1. The van der Waals surface area contributed by atoms with Crippen LogP contribution in [0.4, 0.5) is 0 Å². The van der Waals surface area contributed by atoms with Crippen molar-refractivity contribution >= 4 is 19.4 Å². The molecule has 2 aromatic carbocycles. The Labute approximate surface area is 108 Å². The molecule has 1 unspecified atom stereocenters. The zero-order valence-corrected chi connectivity index (χ0v) is 11.0. The topological polar surface area (TPSA) is 27.6 Å². The molecule has 3 rings (SSSR count). The molecule has 0 radical (unpaired) electrons. The molecule has 0 aliphatic carbocycles. The van der Waals surface area contributed by atoms with Crippen molar-refractivity contribution in [3.63, 3.8) is 0 Å². The van der Waals surface area contributed by atoms with E-state index >= 15 is 0 Å². The van der Waals surface area contributed by atoms with Crippen LogP contribution in [0.15, 0.2) is 65.8 Å². The standard InChI is InChI=1S/C14H14N3P/c1-17-15-14(12-8-4-2-5-9-12)16-18(17)13-10-6-3-7-11-13/h2-11H,1H3,(H,15,16). The average Bonchev–Trinajstić information content (AvgIpc) is 2.83. The Morgan fingerprint density at radius 3 is 2.22 bits per heavy atom. The summed E-state index contributed by atoms with van der Waals surface area (Å²) < 4.78 is 2.02. The molecule has 18 heavy (non-hydrogen) atoms. The van der Waals surface area contributed by atoms with Crippen LogP contribution in [-0.2, 0) is 0 Å². The molecule has 3 nitrogen and oxygen atoms in total. The fraction of sp³-hybridized carbons (Fsp3) is 0.0714. The maximum atomic E-state index is 4.58. The summed E-state index contributed by atoms with van der Waals surface area (Å²) in [6.07, 6.45) is 0. The van der Waals surface area contributed by atoms with Crippen molar-refractivity contribution in [3.05, 3.63) is 66.2 Å². The quantitative estimate of drug-likeness (QED) is 0.835. The van der Waals surface area contributed by atoms with Crippen LogP contribution in [0.1, 0.15) is 5.56 Å². The van der Waals surface area contributed by atoms with Crippen LogP contribution in [0.3, 0.4) is 0 Å². The van der Waals surface area contributed by atoms with Gasteiger partial charge in [-0.25, -0.2) is 0 Å². The highest BCUT2D eigenvalue weighted by Crippen LogP contribution is 2.38. The van der Waals surface area contributed by atoms with E-state index in [9.17, 15) is 0 Å². The van der Waals surface area contributed by atoms with Crippen molar-refractivity contribution in [2.75, 3.05) is 7.05 Å². The first-order valence-corrected chi connectivity index (χ1v) is 7.13. The third kappa shape index (κ3) is 2.09. The molecule has 0 saturated carbocycles. The predicted octanol–water partition coefficient (Wildman–Crippen LogP) is 2.52. The molecule has 1 aliphatic rings. The maximum absolute atomic E-state index is 4.58. The van der Waals surface area contributed by atoms with Gasteiger partial charge in [0.1, 0.15) is 8.22 Å². The van der Waals surface area contributed by atoms with Crippen LogP contribution in [-0.4, -0.2) is 17.7 Å². The first-order valence-electron chi connectivity index (χ1n) is 5.84. The van der Waals surface area contributed by atoms with Crippen LogP contribution in [0, 0.1) is 0 Å². The van der Waals surface area contributed by atoms with E-state index in [2.05, 4.69) is 46.6 Å². The molecule has 90 valence electrons. The summed E-state index contributed by atoms with van der Waals surface area (Å²) in [5.41, 5.74) is 1.13. The van der Waals surface area contributed by atoms with Gasteiger partial charge in [0.25, 0.3) is 0 Å². The van der Waals surface area contributed by atoms with E-state index in [1.165, 1.54) is 5.30 Å². The summed E-state index contributed by atoms with van der Waals surface area (Å²) in [6, 6.07) is 20.7. The molecule has 1 aliphatic heterocycles. The minimum absolute atomic E-state index is 0.585. The lowest BCUT2D eigenvalue weighted by Crippen LogP contribution is -2.21. The molecule has 2 aromatic rings. The third-order valence-corrected chi connectivity index (χ3v) is 4.67. The Morgan fingerprint density at radius 2 is 1.56 bits per heavy atom. The summed E-state index contributed by atoms with van der Waals surface area (Å²) in [4.78, 5) is 0. The van der Waals surface area contributed by atoms with E-state index in [0.29, 0.717) is 0 Å². The maximum Gasteiger partial charge on any atom is 0.158 e. The van der Waals surface area contributed by atoms with E-state index in [1.54, 1.807) is 0 Å². The van der Waals surface area contributed by atoms with Gasteiger partial charge >= 0.3 is 0 Å². The molecule has 0 fully saturated rings. The summed E-state index contributed by atoms with van der Waals surface area (Å²) in [7, 11) is 1.43. The number of benzene rings is 2. The van der Waals surface area contributed by atoms with Crippen LogP contribution in [0.2, 0.25) is 0 Å². The number of rotatable bonds is 2. The first-order chi connectivity index (χ1) is 8.84. The normalized spacial score (nSPS) is 18.4. The van der Waals surface area contributed by atoms with Gasteiger partial charge < -0.3 is 5.09 Å². The third-order valence-electron chi connectivity index (χ3n) is 2.79. The van der Waals surface area contributed by atoms with Gasteiger partial charge in [0.15, 0.2) is 5.84 Å². The molecule has 1 N–H and O–H groups in total. The van der Waals surface area contributed by atoms with Crippen LogP contribution in [0.25, 0.3) is 0 Å². The Balaban J connectivity index is 1.85. The fourth-order valence-electron chi connectivity index (χ4n) is 1.90. The lowest BCUT2D eigenvalue weighted by Gasteiger charge is -2.18. The monoisotopic (exact) mass is 255 g/mol. The van der Waals surface area contributed by atoms with Gasteiger partial charge in [-0.1, -0.05) is 60.7 Å². The van der Waals surface area contributed by atoms with Gasteiger partial charge in [0, 0.05) is 17.9 Å². The molecule has 0 spiro atoms. The molecule has 1 atom stereocenters. The molecular formula is C14H14N3P. The van der Waals surface area contributed by atoms with E-state index in [4.69, 9.17) is 0 Å². The zero-order chi connectivity index (χ0) is 12.4. The van der Waals surface area contributed by atoms with Gasteiger partial charge in [0.05, 0.1) is 0 Å². The number of hydrazone groups is 1. The van der Waals surface area contributed by atoms with Gasteiger partial charge in [-0.3, -0.25) is 4.78 Å². The second-order valence-corrected chi connectivity index (χ2v) is 6.01. The van der Waals surface area contributed by atoms with Gasteiger partial charge in [-0.15, -0.1) is 0 Å². The Hall–Kier alpha value is -1.86. The molecule has 0 saturated heterocycles. The van der Waals surface area contributed by atoms with E-state index in [-0.39, 0.29) is 0 Å². The minimum atomic E-state index is -0.585. The van der Waals surface area contributed by atoms with E-state index < -0.39 is 8.22 Å². The molecule has 4 heteroatoms. The predicted molar refractivity (Wildman–Crippen MR) is 76.9 cm³/mol. The van der Waals surface area contributed by atoms with Crippen molar-refractivity contribution in [3.8, 4) is 0 Å². The van der Waals surface area contributed by atoms with E-state index in [1.807, 2.05) is 36.1 Å². The van der Waals surface area contributed by atoms with Crippen molar-refractivity contribution in [2.45, 2.75) is 0 Å². The highest BCUT2D eigenvalue weighted by Gasteiger charge is 2.25. The van der Waals surface area contributed by atoms with Crippen molar-refractivity contribution < 1.29 is 0 Å². The first kappa shape index (κ1) is 11.2. The molecular weight excluding hydrogens is 241 g/mol. The number of hydrogen-bond acceptors (Lipinski definition) is 3. The number of amidine groups is 1. The van der Waals surface area contributed by atoms with Gasteiger partial charge in [0.2, 0.25) is 0 Å².